The van der Waals surface area contributed by atoms with Crippen LogP contribution in [0.25, 0.3) is 0 Å². The molecule has 9 heteroatoms. The van der Waals surface area contributed by atoms with E-state index in [1.165, 1.54) is 18.2 Å². The first-order valence-corrected chi connectivity index (χ1v) is 8.54. The van der Waals surface area contributed by atoms with Crippen LogP contribution in [0, 0.1) is 17.0 Å². The van der Waals surface area contributed by atoms with Gasteiger partial charge in [-0.25, -0.2) is 0 Å². The second-order valence-electron chi connectivity index (χ2n) is 6.61. The lowest BCUT2D eigenvalue weighted by molar-refractivity contribution is -0.385. The number of likely N-dealkylation sites (tertiary alicyclic amines) is 1. The molecule has 1 aromatic carbocycles. The molecule has 2 unspecified atom stereocenters. The Kier molecular flexibility index (Phi) is 6.55. The number of nitrogens with one attached hydrogen (secondary N) is 2. The zero-order chi connectivity index (χ0) is 18.0. The molecule has 2 aliphatic heterocycles. The predicted octanol–water partition coefficient (Wildman–Crippen LogP) is 1.41. The van der Waals surface area contributed by atoms with Crippen LogP contribution in [0.1, 0.15) is 35.2 Å². The number of amides is 2. The van der Waals surface area contributed by atoms with Gasteiger partial charge >= 0.3 is 0 Å². The van der Waals surface area contributed by atoms with Crippen LogP contribution in [0.15, 0.2) is 18.2 Å². The Hall–Kier alpha value is -2.19. The van der Waals surface area contributed by atoms with Gasteiger partial charge in [-0.15, -0.1) is 12.4 Å². The number of halogens is 1. The fraction of sp³-hybridized carbons (Fsp3) is 0.529. The van der Waals surface area contributed by atoms with Gasteiger partial charge in [0.2, 0.25) is 5.91 Å². The van der Waals surface area contributed by atoms with E-state index in [1.807, 2.05) is 0 Å². The van der Waals surface area contributed by atoms with Crippen molar-refractivity contribution in [2.75, 3.05) is 19.6 Å². The molecule has 0 spiro atoms. The second kappa shape index (κ2) is 8.46. The molecule has 0 bridgehead atoms. The van der Waals surface area contributed by atoms with Crippen molar-refractivity contribution in [1.29, 1.82) is 0 Å². The Balaban J connectivity index is 0.00000243. The summed E-state index contributed by atoms with van der Waals surface area (Å²) in [4.78, 5) is 37.4. The van der Waals surface area contributed by atoms with Crippen molar-refractivity contribution in [3.05, 3.63) is 39.4 Å². The first-order valence-electron chi connectivity index (χ1n) is 8.54. The molecule has 2 fully saturated rings. The molecule has 2 heterocycles. The summed E-state index contributed by atoms with van der Waals surface area (Å²) in [5.41, 5.74) is 0.805. The molecule has 3 rings (SSSR count). The lowest BCUT2D eigenvalue weighted by Crippen LogP contribution is -2.49. The third kappa shape index (κ3) is 4.13. The quantitative estimate of drug-likeness (QED) is 0.605. The van der Waals surface area contributed by atoms with Crippen molar-refractivity contribution in [2.45, 2.75) is 38.3 Å². The van der Waals surface area contributed by atoms with Crippen molar-refractivity contribution in [3.8, 4) is 0 Å². The molecule has 2 amide bonds. The largest absolute Gasteiger partial charge is 0.350 e. The summed E-state index contributed by atoms with van der Waals surface area (Å²) in [6.07, 6.45) is 2.32. The van der Waals surface area contributed by atoms with Gasteiger partial charge in [0.1, 0.15) is 6.04 Å². The minimum Gasteiger partial charge on any atom is -0.350 e. The molecule has 1 aromatic rings. The number of nitro benzene ring substituents is 1. The number of benzene rings is 1. The van der Waals surface area contributed by atoms with Crippen molar-refractivity contribution >= 4 is 29.9 Å². The van der Waals surface area contributed by atoms with E-state index in [9.17, 15) is 19.7 Å². The lowest BCUT2D eigenvalue weighted by Gasteiger charge is -2.25. The summed E-state index contributed by atoms with van der Waals surface area (Å²) in [7, 11) is 0. The smallest absolute Gasteiger partial charge is 0.272 e. The van der Waals surface area contributed by atoms with Gasteiger partial charge in [0.15, 0.2) is 0 Å². The van der Waals surface area contributed by atoms with Gasteiger partial charge in [-0.2, -0.15) is 0 Å². The number of rotatable bonds is 4. The molecule has 142 valence electrons. The second-order valence-corrected chi connectivity index (χ2v) is 6.61. The zero-order valence-corrected chi connectivity index (χ0v) is 15.4. The van der Waals surface area contributed by atoms with E-state index < -0.39 is 11.0 Å². The molecular weight excluding hydrogens is 360 g/mol. The molecular formula is C17H23ClN4O4. The highest BCUT2D eigenvalue weighted by Gasteiger charge is 2.35. The highest BCUT2D eigenvalue weighted by molar-refractivity contribution is 5.98. The van der Waals surface area contributed by atoms with Crippen molar-refractivity contribution in [1.82, 2.24) is 15.5 Å². The van der Waals surface area contributed by atoms with Gasteiger partial charge in [0, 0.05) is 36.3 Å². The Labute approximate surface area is 157 Å². The number of aryl methyl sites for hydroxylation is 1. The molecule has 2 N–H and O–H groups in total. The van der Waals surface area contributed by atoms with E-state index in [1.54, 1.807) is 11.8 Å². The van der Waals surface area contributed by atoms with E-state index in [0.717, 1.165) is 25.9 Å². The predicted molar refractivity (Wildman–Crippen MR) is 98.6 cm³/mol. The Morgan fingerprint density at radius 2 is 2.12 bits per heavy atom. The number of hydrogen-bond acceptors (Lipinski definition) is 5. The maximum atomic E-state index is 12.8. The summed E-state index contributed by atoms with van der Waals surface area (Å²) in [5, 5.41) is 17.1. The number of nitrogens with zero attached hydrogens (tertiary/aromatic N) is 2. The molecule has 2 saturated heterocycles. The van der Waals surface area contributed by atoms with Crippen LogP contribution < -0.4 is 10.6 Å². The topological polar surface area (TPSA) is 105 Å². The van der Waals surface area contributed by atoms with Crippen LogP contribution in [0.4, 0.5) is 5.69 Å². The summed E-state index contributed by atoms with van der Waals surface area (Å²) in [6.45, 7) is 3.78. The van der Waals surface area contributed by atoms with Gasteiger partial charge in [0.05, 0.1) is 4.92 Å². The fourth-order valence-corrected chi connectivity index (χ4v) is 3.52. The van der Waals surface area contributed by atoms with Gasteiger partial charge in [-0.1, -0.05) is 0 Å². The molecule has 2 aliphatic rings. The number of carbonyl (C=O) groups excluding carboxylic acids is 2. The van der Waals surface area contributed by atoms with Crippen LogP contribution in [-0.4, -0.2) is 53.4 Å². The summed E-state index contributed by atoms with van der Waals surface area (Å²) in [6, 6.07) is 3.98. The third-order valence-corrected chi connectivity index (χ3v) is 4.86. The van der Waals surface area contributed by atoms with Crippen molar-refractivity contribution < 1.29 is 14.5 Å². The number of carbonyl (C=O) groups is 2. The molecule has 26 heavy (non-hydrogen) atoms. The van der Waals surface area contributed by atoms with Gasteiger partial charge < -0.3 is 15.5 Å². The summed E-state index contributed by atoms with van der Waals surface area (Å²) >= 11 is 0. The van der Waals surface area contributed by atoms with Crippen molar-refractivity contribution in [3.63, 3.8) is 0 Å². The van der Waals surface area contributed by atoms with E-state index in [2.05, 4.69) is 10.6 Å². The SMILES string of the molecule is Cc1cc(C(=O)N2CCCC2C(=O)NC2CCNC2)ccc1[N+](=O)[O-].Cl. The summed E-state index contributed by atoms with van der Waals surface area (Å²) in [5.74, 6) is -0.363. The monoisotopic (exact) mass is 382 g/mol. The average molecular weight is 383 g/mol. The first kappa shape index (κ1) is 20.1. The van der Waals surface area contributed by atoms with Gasteiger partial charge in [-0.05, 0) is 44.9 Å². The maximum Gasteiger partial charge on any atom is 0.272 e. The molecule has 0 aliphatic carbocycles. The highest BCUT2D eigenvalue weighted by Crippen LogP contribution is 2.24. The van der Waals surface area contributed by atoms with E-state index in [-0.39, 0.29) is 36.0 Å². The van der Waals surface area contributed by atoms with Gasteiger partial charge in [0.25, 0.3) is 11.6 Å². The Morgan fingerprint density at radius 3 is 2.73 bits per heavy atom. The van der Waals surface area contributed by atoms with Crippen LogP contribution in [0.5, 0.6) is 0 Å². The average Bonchev–Trinajstić information content (AvgIpc) is 3.24. The standard InChI is InChI=1S/C17H22N4O4.ClH/c1-11-9-12(4-5-14(11)21(24)25)17(23)20-8-2-3-15(20)16(22)19-13-6-7-18-10-13;/h4-5,9,13,15,18H,2-3,6-8,10H2,1H3,(H,19,22);1H. The normalized spacial score (nSPS) is 22.0. The molecule has 0 aromatic heterocycles. The minimum atomic E-state index is -0.469. The lowest BCUT2D eigenvalue weighted by atomic mass is 10.1. The first-order chi connectivity index (χ1) is 12.0. The third-order valence-electron chi connectivity index (χ3n) is 4.86. The molecule has 0 saturated carbocycles. The minimum absolute atomic E-state index is 0. The van der Waals surface area contributed by atoms with E-state index in [4.69, 9.17) is 0 Å². The number of nitro groups is 1. The van der Waals surface area contributed by atoms with Gasteiger partial charge in [-0.3, -0.25) is 19.7 Å². The fourth-order valence-electron chi connectivity index (χ4n) is 3.52. The van der Waals surface area contributed by atoms with Crippen LogP contribution in [-0.2, 0) is 4.79 Å². The zero-order valence-electron chi connectivity index (χ0n) is 14.6. The van der Waals surface area contributed by atoms with Crippen molar-refractivity contribution in [2.24, 2.45) is 0 Å². The van der Waals surface area contributed by atoms with Crippen LogP contribution in [0.2, 0.25) is 0 Å². The summed E-state index contributed by atoms with van der Waals surface area (Å²) < 4.78 is 0. The Morgan fingerprint density at radius 1 is 1.35 bits per heavy atom. The van der Waals surface area contributed by atoms with Crippen LogP contribution >= 0.6 is 12.4 Å². The number of hydrogen-bond donors (Lipinski definition) is 2. The van der Waals surface area contributed by atoms with E-state index >= 15 is 0 Å². The van der Waals surface area contributed by atoms with Crippen LogP contribution in [0.3, 0.4) is 0 Å². The highest BCUT2D eigenvalue weighted by atomic mass is 35.5. The molecule has 2 atom stereocenters. The molecule has 0 radical (unpaired) electrons. The Bertz CT molecular complexity index is 706. The maximum absolute atomic E-state index is 12.8. The van der Waals surface area contributed by atoms with E-state index in [0.29, 0.717) is 24.1 Å². The molecule has 8 nitrogen and oxygen atoms in total.